The van der Waals surface area contributed by atoms with Crippen LogP contribution in [0.15, 0.2) is 18.2 Å². The van der Waals surface area contributed by atoms with Crippen molar-refractivity contribution in [3.8, 4) is 11.5 Å². The van der Waals surface area contributed by atoms with Gasteiger partial charge in [0.15, 0.2) is 11.5 Å². The summed E-state index contributed by atoms with van der Waals surface area (Å²) in [7, 11) is 3.22. The number of carbonyl (C=O) groups excluding carboxylic acids is 2. The van der Waals surface area contributed by atoms with E-state index in [9.17, 15) is 9.59 Å². The highest BCUT2D eigenvalue weighted by Gasteiger charge is 2.34. The SMILES string of the molecule is COCCCOc1cc(C(=O)N(C[C@@H]2CNC[C@H]2OC(=O)NC[C@@H]2CCCO2)C(C)C)ccc1OC. The fourth-order valence-electron chi connectivity index (χ4n) is 4.47. The van der Waals surface area contributed by atoms with Crippen molar-refractivity contribution in [1.82, 2.24) is 15.5 Å². The summed E-state index contributed by atoms with van der Waals surface area (Å²) in [5, 5.41) is 6.10. The summed E-state index contributed by atoms with van der Waals surface area (Å²) >= 11 is 0. The molecule has 3 atom stereocenters. The van der Waals surface area contributed by atoms with Gasteiger partial charge in [0.1, 0.15) is 6.10 Å². The Kier molecular flexibility index (Phi) is 11.1. The largest absolute Gasteiger partial charge is 0.493 e. The molecule has 2 N–H and O–H groups in total. The van der Waals surface area contributed by atoms with Gasteiger partial charge in [0.2, 0.25) is 0 Å². The number of rotatable bonds is 13. The smallest absolute Gasteiger partial charge is 0.407 e. The van der Waals surface area contributed by atoms with Crippen molar-refractivity contribution in [3.63, 3.8) is 0 Å². The first-order chi connectivity index (χ1) is 17.4. The van der Waals surface area contributed by atoms with E-state index in [0.717, 1.165) is 25.9 Å². The molecule has 2 amide bonds. The summed E-state index contributed by atoms with van der Waals surface area (Å²) in [6.45, 7) is 7.88. The van der Waals surface area contributed by atoms with E-state index in [-0.39, 0.29) is 30.1 Å². The lowest BCUT2D eigenvalue weighted by Gasteiger charge is -2.31. The minimum atomic E-state index is -0.447. The highest BCUT2D eigenvalue weighted by atomic mass is 16.6. The maximum Gasteiger partial charge on any atom is 0.407 e. The van der Waals surface area contributed by atoms with E-state index in [1.165, 1.54) is 0 Å². The zero-order chi connectivity index (χ0) is 25.9. The Morgan fingerprint density at radius 2 is 2.03 bits per heavy atom. The molecule has 1 aromatic carbocycles. The molecular formula is C26H41N3O7. The monoisotopic (exact) mass is 507 g/mol. The summed E-state index contributed by atoms with van der Waals surface area (Å²) in [4.78, 5) is 27.7. The van der Waals surface area contributed by atoms with Gasteiger partial charge >= 0.3 is 6.09 Å². The first-order valence-electron chi connectivity index (χ1n) is 12.8. The van der Waals surface area contributed by atoms with E-state index < -0.39 is 6.09 Å². The number of methoxy groups -OCH3 is 2. The highest BCUT2D eigenvalue weighted by Crippen LogP contribution is 2.29. The number of hydrogen-bond donors (Lipinski definition) is 2. The molecule has 0 aromatic heterocycles. The van der Waals surface area contributed by atoms with Crippen LogP contribution in [0.5, 0.6) is 11.5 Å². The van der Waals surface area contributed by atoms with Gasteiger partial charge < -0.3 is 39.2 Å². The molecule has 0 unspecified atom stereocenters. The summed E-state index contributed by atoms with van der Waals surface area (Å²) < 4.78 is 27.6. The summed E-state index contributed by atoms with van der Waals surface area (Å²) in [6.07, 6.45) is 1.99. The van der Waals surface area contributed by atoms with Crippen molar-refractivity contribution in [2.24, 2.45) is 5.92 Å². The fourth-order valence-corrected chi connectivity index (χ4v) is 4.47. The van der Waals surface area contributed by atoms with Crippen LogP contribution >= 0.6 is 0 Å². The number of nitrogens with zero attached hydrogens (tertiary/aromatic N) is 1. The Labute approximate surface area is 213 Å². The average Bonchev–Trinajstić information content (AvgIpc) is 3.55. The van der Waals surface area contributed by atoms with Crippen LogP contribution in [-0.2, 0) is 14.2 Å². The lowest BCUT2D eigenvalue weighted by Crippen LogP contribution is -2.44. The number of ether oxygens (including phenoxy) is 5. The molecule has 3 rings (SSSR count). The minimum absolute atomic E-state index is 0.0205. The Balaban J connectivity index is 1.61. The van der Waals surface area contributed by atoms with Gasteiger partial charge in [-0.3, -0.25) is 4.79 Å². The second kappa shape index (κ2) is 14.2. The molecule has 10 heteroatoms. The molecule has 36 heavy (non-hydrogen) atoms. The summed E-state index contributed by atoms with van der Waals surface area (Å²) in [5.74, 6) is 0.966. The minimum Gasteiger partial charge on any atom is -0.493 e. The lowest BCUT2D eigenvalue weighted by atomic mass is 10.0. The van der Waals surface area contributed by atoms with Crippen LogP contribution in [0.4, 0.5) is 4.79 Å². The van der Waals surface area contributed by atoms with Crippen LogP contribution in [0.2, 0.25) is 0 Å². The molecule has 0 saturated carbocycles. The van der Waals surface area contributed by atoms with Crippen molar-refractivity contribution < 1.29 is 33.3 Å². The highest BCUT2D eigenvalue weighted by molar-refractivity contribution is 5.95. The van der Waals surface area contributed by atoms with Crippen molar-refractivity contribution in [1.29, 1.82) is 0 Å². The van der Waals surface area contributed by atoms with E-state index in [4.69, 9.17) is 23.7 Å². The quantitative estimate of drug-likeness (QED) is 0.392. The molecule has 0 aliphatic carbocycles. The van der Waals surface area contributed by atoms with Crippen LogP contribution in [-0.4, -0.2) is 95.4 Å². The number of alkyl carbamates (subject to hydrolysis) is 1. The normalized spacial score (nSPS) is 21.4. The molecule has 10 nitrogen and oxygen atoms in total. The molecule has 202 valence electrons. The lowest BCUT2D eigenvalue weighted by molar-refractivity contribution is 0.0500. The Morgan fingerprint density at radius 1 is 1.19 bits per heavy atom. The summed E-state index contributed by atoms with van der Waals surface area (Å²) in [6, 6.07) is 5.18. The van der Waals surface area contributed by atoms with Gasteiger partial charge in [0, 0.05) is 70.4 Å². The Morgan fingerprint density at radius 3 is 2.72 bits per heavy atom. The summed E-state index contributed by atoms with van der Waals surface area (Å²) in [5.41, 5.74) is 0.518. The van der Waals surface area contributed by atoms with Crippen LogP contribution in [0.1, 0.15) is 43.5 Å². The zero-order valence-corrected chi connectivity index (χ0v) is 21.9. The molecule has 2 saturated heterocycles. The average molecular weight is 508 g/mol. The van der Waals surface area contributed by atoms with Crippen LogP contribution in [0.3, 0.4) is 0 Å². The second-order valence-electron chi connectivity index (χ2n) is 9.49. The molecule has 2 fully saturated rings. The predicted molar refractivity (Wildman–Crippen MR) is 135 cm³/mol. The number of benzene rings is 1. The van der Waals surface area contributed by atoms with Crippen LogP contribution in [0.25, 0.3) is 0 Å². The van der Waals surface area contributed by atoms with E-state index in [1.807, 2.05) is 18.7 Å². The molecule has 2 heterocycles. The van der Waals surface area contributed by atoms with Crippen LogP contribution < -0.4 is 20.1 Å². The van der Waals surface area contributed by atoms with Gasteiger partial charge in [0.25, 0.3) is 5.91 Å². The third-order valence-electron chi connectivity index (χ3n) is 6.51. The van der Waals surface area contributed by atoms with Gasteiger partial charge in [-0.1, -0.05) is 0 Å². The zero-order valence-electron chi connectivity index (χ0n) is 21.9. The number of nitrogens with one attached hydrogen (secondary N) is 2. The standard InChI is InChI=1S/C26H41N3O7/c1-18(2)29(25(30)19-8-9-22(33-4)23(13-19)35-12-6-10-32-3)17-20-14-27-16-24(20)36-26(31)28-15-21-7-5-11-34-21/h8-9,13,18,20-21,24,27H,5-7,10-12,14-17H2,1-4H3,(H,28,31)/t20-,21-,24+/m0/s1. The number of amides is 2. The van der Waals surface area contributed by atoms with E-state index in [0.29, 0.717) is 56.5 Å². The predicted octanol–water partition coefficient (Wildman–Crippen LogP) is 2.45. The van der Waals surface area contributed by atoms with Crippen LogP contribution in [0, 0.1) is 5.92 Å². The first kappa shape index (κ1) is 28.0. The third-order valence-corrected chi connectivity index (χ3v) is 6.51. The van der Waals surface area contributed by atoms with E-state index in [1.54, 1.807) is 32.4 Å². The maximum atomic E-state index is 13.5. The van der Waals surface area contributed by atoms with Crippen molar-refractivity contribution in [2.45, 2.75) is 51.4 Å². The fraction of sp³-hybridized carbons (Fsp3) is 0.692. The Bertz CT molecular complexity index is 845. The van der Waals surface area contributed by atoms with Crippen molar-refractivity contribution >= 4 is 12.0 Å². The molecule has 1 aromatic rings. The first-order valence-corrected chi connectivity index (χ1v) is 12.8. The number of carbonyl (C=O) groups is 2. The molecule has 0 spiro atoms. The van der Waals surface area contributed by atoms with Gasteiger partial charge in [-0.05, 0) is 44.9 Å². The van der Waals surface area contributed by atoms with Gasteiger partial charge in [0.05, 0.1) is 19.8 Å². The maximum absolute atomic E-state index is 13.5. The van der Waals surface area contributed by atoms with Gasteiger partial charge in [-0.2, -0.15) is 0 Å². The molecule has 0 radical (unpaired) electrons. The van der Waals surface area contributed by atoms with Gasteiger partial charge in [-0.25, -0.2) is 4.79 Å². The second-order valence-corrected chi connectivity index (χ2v) is 9.49. The van der Waals surface area contributed by atoms with E-state index >= 15 is 0 Å². The third kappa shape index (κ3) is 7.97. The Hall–Kier alpha value is -2.56. The van der Waals surface area contributed by atoms with E-state index in [2.05, 4.69) is 10.6 Å². The molecular weight excluding hydrogens is 466 g/mol. The molecule has 2 aliphatic heterocycles. The molecule has 0 bridgehead atoms. The number of hydrogen-bond acceptors (Lipinski definition) is 8. The molecule has 2 aliphatic rings. The van der Waals surface area contributed by atoms with Crippen molar-refractivity contribution in [3.05, 3.63) is 23.8 Å². The topological polar surface area (TPSA) is 108 Å². The van der Waals surface area contributed by atoms with Crippen molar-refractivity contribution in [2.75, 3.05) is 60.2 Å². The van der Waals surface area contributed by atoms with Gasteiger partial charge in [-0.15, -0.1) is 0 Å².